The molecule has 0 aliphatic heterocycles. The predicted octanol–water partition coefficient (Wildman–Crippen LogP) is -4.95. The van der Waals surface area contributed by atoms with E-state index in [2.05, 4.69) is 75.7 Å². The Labute approximate surface area is 636 Å². The number of hydrogen-bond acceptors (Lipinski definition) is 32. The fourth-order valence-electron chi connectivity index (χ4n) is 9.18. The number of aliphatic hydroxyl groups excluding tert-OH is 5. The number of carboxylic acids is 3. The number of nitrogens with zero attached hydrogens (tertiary/aromatic N) is 21. The number of ether oxygens (including phenoxy) is 2. The van der Waals surface area contributed by atoms with E-state index in [0.717, 1.165) is 21.4 Å². The van der Waals surface area contributed by atoms with E-state index in [1.165, 1.54) is 95.8 Å². The van der Waals surface area contributed by atoms with Crippen LogP contribution >= 0.6 is 22.7 Å². The van der Waals surface area contributed by atoms with Gasteiger partial charge in [-0.25, -0.2) is 29.7 Å². The summed E-state index contributed by atoms with van der Waals surface area (Å²) in [6, 6.07) is 9.77. The van der Waals surface area contributed by atoms with Gasteiger partial charge in [-0.15, -0.1) is 21.5 Å². The third kappa shape index (κ3) is 21.4. The van der Waals surface area contributed by atoms with E-state index in [9.17, 15) is 39.0 Å². The Bertz CT molecular complexity index is 4900. The van der Waals surface area contributed by atoms with E-state index < -0.39 is 57.1 Å². The number of aryl methyl sites for hydroxylation is 10. The van der Waals surface area contributed by atoms with Gasteiger partial charge in [-0.05, 0) is 39.8 Å². The smallest absolute Gasteiger partial charge is 0.543 e. The van der Waals surface area contributed by atoms with Crippen molar-refractivity contribution in [2.75, 3.05) is 33.4 Å². The zero-order chi connectivity index (χ0) is 73.8. The number of aliphatic hydroxyl groups is 5. The van der Waals surface area contributed by atoms with Crippen molar-refractivity contribution < 1.29 is 138 Å². The quantitative estimate of drug-likeness (QED) is 0.0251. The van der Waals surface area contributed by atoms with Gasteiger partial charge in [0.2, 0.25) is 29.1 Å². The van der Waals surface area contributed by atoms with E-state index in [1.807, 2.05) is 26.2 Å². The molecule has 103 heavy (non-hydrogen) atoms. The summed E-state index contributed by atoms with van der Waals surface area (Å²) in [5, 5.41) is 111. The van der Waals surface area contributed by atoms with Crippen LogP contribution in [0.25, 0.3) is 66.9 Å². The Morgan fingerprint density at radius 2 is 0.767 bits per heavy atom. The third-order valence-electron chi connectivity index (χ3n) is 13.6. The van der Waals surface area contributed by atoms with Gasteiger partial charge in [-0.1, -0.05) is 23.5 Å². The molecule has 6 N–H and O–H groups in total. The van der Waals surface area contributed by atoms with Crippen molar-refractivity contribution >= 4 is 57.9 Å². The van der Waals surface area contributed by atoms with Crippen LogP contribution in [-0.2, 0) is 42.3 Å². The number of ketones is 3. The fraction of sp³-hybridized carbons (Fsp3) is 0.242. The number of rotatable bonds is 19. The first-order valence-corrected chi connectivity index (χ1v) is 30.9. The molecule has 0 amide bonds. The molecule has 12 aromatic heterocycles. The average molecular weight is 1470 g/mol. The van der Waals surface area contributed by atoms with Gasteiger partial charge in [0.25, 0.3) is 0 Å². The maximum Gasteiger partial charge on any atom is 1.00 e. The summed E-state index contributed by atoms with van der Waals surface area (Å²) in [7, 11) is 9.56. The van der Waals surface area contributed by atoms with Crippen LogP contribution in [0.15, 0.2) is 104 Å². The molecule has 41 heteroatoms. The molecule has 0 fully saturated rings. The monoisotopic (exact) mass is 1470 g/mol. The number of carbonyl (C=O) groups is 6. The van der Waals surface area contributed by atoms with Gasteiger partial charge in [0.1, 0.15) is 41.9 Å². The molecule has 0 aliphatic carbocycles. The Balaban J connectivity index is 0.000000222. The molecule has 0 aliphatic rings. The first-order valence-electron chi connectivity index (χ1n) is 29.2. The van der Waals surface area contributed by atoms with Crippen LogP contribution < -0.4 is 78.8 Å². The average Bonchev–Trinajstić information content (AvgIpc) is 1.73. The summed E-state index contributed by atoms with van der Waals surface area (Å²) in [5.74, 6) is -4.36. The molecule has 12 rings (SSSR count). The van der Waals surface area contributed by atoms with E-state index >= 15 is 0 Å². The minimum Gasteiger partial charge on any atom is -0.543 e. The SMILES string of the molecule is Cc1cncc(-c2cnn(C)c2C(=O)CO)n1.Cc1cncc(-c2cnn(C)c2C(=O)[O-])n1.Cc1nc(-c2cnn(C)c2C(=O)CO)cs1.Cc1nnc(-c2cnn(C)c2C(=O)O)s1.Cn1ncc(-c2cccc(OCO)n2)c1C(=O)CO.Cn1ncc(-c2cccc(OCO)n2)c1C(=O)[O-].[Na+].[Na+]. The minimum absolute atomic E-state index is 0. The van der Waals surface area contributed by atoms with Crippen LogP contribution in [0.4, 0.5) is 0 Å². The molecular formula is C62H63N21Na2O16S2. The number of Topliss-reactive ketones (excluding diaryl/α,β-unsaturated/α-hetero) is 3. The molecular weight excluding hydrogens is 1400 g/mol. The van der Waals surface area contributed by atoms with Gasteiger partial charge in [0.05, 0.1) is 134 Å². The molecule has 526 valence electrons. The normalized spacial score (nSPS) is 10.3. The molecule has 0 atom stereocenters. The predicted molar refractivity (Wildman–Crippen MR) is 352 cm³/mol. The van der Waals surface area contributed by atoms with Gasteiger partial charge in [-0.3, -0.25) is 52.4 Å². The van der Waals surface area contributed by atoms with Gasteiger partial charge in [0.15, 0.2) is 24.3 Å². The number of thiazole rings is 1. The zero-order valence-corrected chi connectivity index (χ0v) is 63.0. The second-order valence-corrected chi connectivity index (χ2v) is 22.8. The minimum atomic E-state index is -1.33. The van der Waals surface area contributed by atoms with Crippen molar-refractivity contribution in [3.05, 3.63) is 159 Å². The maximum atomic E-state index is 11.7. The Kier molecular flexibility index (Phi) is 31.8. The second kappa shape index (κ2) is 39.2. The van der Waals surface area contributed by atoms with Crippen molar-refractivity contribution in [3.63, 3.8) is 0 Å². The Morgan fingerprint density at radius 3 is 1.10 bits per heavy atom. The van der Waals surface area contributed by atoms with Gasteiger partial charge in [0, 0.05) is 88.9 Å². The topological polar surface area (TPSA) is 511 Å². The van der Waals surface area contributed by atoms with Crippen LogP contribution in [0.2, 0.25) is 0 Å². The van der Waals surface area contributed by atoms with E-state index in [0.29, 0.717) is 78.2 Å². The number of carbonyl (C=O) groups excluding carboxylic acids is 5. The summed E-state index contributed by atoms with van der Waals surface area (Å²) < 4.78 is 17.7. The van der Waals surface area contributed by atoms with Gasteiger partial charge in [-0.2, -0.15) is 30.6 Å². The van der Waals surface area contributed by atoms with Crippen LogP contribution in [-0.4, -0.2) is 203 Å². The standard InChI is InChI=1S/C12H13N3O4.C11H12N4O2.C11H11N3O4.C10H10N4O2.C10H11N3O2S.C8H8N4O2S.2Na/c1-15-12(10(18)6-16)8(5-13-15)9-3-2-4-11(14-9)19-7-17;1-7-3-12-5-9(14-7)8-4-13-15(2)11(8)10(17)6-16;1-14-10(11(16)17)7(5-12-14)8-3-2-4-9(13-8)18-6-15;1-6-3-11-5-8(13-6)7-4-12-14(2)9(7)10(15)16;1-6-12-8(5-16-6)7-3-11-13(2)10(7)9(15)4-14;1-4-10-11-7(15-4)5-3-9-12(2)6(5)8(13)14;;/h2-5,16-17H,6-7H2,1H3;3-5,16H,6H2,1-2H3;2-5,15H,6H2,1H3,(H,16,17);3-5H,1-2H3,(H,15,16);3,5,14H,4H2,1-2H3;3H,1-2H3,(H,13,14);;/q;;;;;;2*+1/p-2. The first kappa shape index (κ1) is 83.4. The van der Waals surface area contributed by atoms with Crippen LogP contribution in [0.5, 0.6) is 11.8 Å². The van der Waals surface area contributed by atoms with E-state index in [4.69, 9.17) is 40.1 Å². The molecule has 0 bridgehead atoms. The molecule has 0 spiro atoms. The molecule has 0 saturated carbocycles. The third-order valence-corrected chi connectivity index (χ3v) is 15.2. The van der Waals surface area contributed by atoms with Crippen LogP contribution in [0.1, 0.15) is 84.3 Å². The molecule has 12 aromatic rings. The molecule has 0 aromatic carbocycles. The molecule has 0 radical (unpaired) electrons. The van der Waals surface area contributed by atoms with Crippen molar-refractivity contribution in [1.29, 1.82) is 0 Å². The van der Waals surface area contributed by atoms with Gasteiger partial charge < -0.3 is 59.9 Å². The Hall–Kier alpha value is -10.3. The molecule has 12 heterocycles. The number of hydrogen-bond donors (Lipinski definition) is 6. The first-order chi connectivity index (χ1) is 48.2. The van der Waals surface area contributed by atoms with Crippen molar-refractivity contribution in [3.8, 4) is 78.6 Å². The van der Waals surface area contributed by atoms with Crippen LogP contribution in [0.3, 0.4) is 0 Å². The summed E-state index contributed by atoms with van der Waals surface area (Å²) in [4.78, 5) is 96.8. The van der Waals surface area contributed by atoms with Gasteiger partial charge >= 0.3 is 65.1 Å². The summed E-state index contributed by atoms with van der Waals surface area (Å²) in [6.45, 7) is 4.67. The van der Waals surface area contributed by atoms with E-state index in [-0.39, 0.29) is 105 Å². The largest absolute Gasteiger partial charge is 1.00 e. The number of pyridine rings is 2. The van der Waals surface area contributed by atoms with Crippen LogP contribution in [0, 0.1) is 27.7 Å². The molecule has 0 unspecified atom stereocenters. The van der Waals surface area contributed by atoms with Crippen molar-refractivity contribution in [1.82, 2.24) is 104 Å². The fourth-order valence-corrected chi connectivity index (χ4v) is 10.5. The number of carboxylic acid groups (broad SMARTS) is 3. The molecule has 0 saturated heterocycles. The van der Waals surface area contributed by atoms with E-state index in [1.54, 1.807) is 102 Å². The summed E-state index contributed by atoms with van der Waals surface area (Å²) in [5.41, 5.74) is 8.22. The summed E-state index contributed by atoms with van der Waals surface area (Å²) in [6.07, 6.45) is 15.2. The second-order valence-electron chi connectivity index (χ2n) is 20.5. The maximum absolute atomic E-state index is 11.7. The Morgan fingerprint density at radius 1 is 0.417 bits per heavy atom. The zero-order valence-electron chi connectivity index (χ0n) is 57.3. The number of aromatic carboxylic acids is 3. The van der Waals surface area contributed by atoms with Crippen molar-refractivity contribution in [2.45, 2.75) is 27.7 Å². The van der Waals surface area contributed by atoms with Crippen molar-refractivity contribution in [2.24, 2.45) is 42.3 Å². The molecule has 37 nitrogen and oxygen atoms in total. The number of aromatic nitrogens is 21. The summed E-state index contributed by atoms with van der Waals surface area (Å²) >= 11 is 2.86.